The van der Waals surface area contributed by atoms with Crippen LogP contribution in [0.1, 0.15) is 42.4 Å². The second kappa shape index (κ2) is 12.1. The molecule has 2 heterocycles. The molecule has 0 unspecified atom stereocenters. The largest absolute Gasteiger partial charge is 0.377 e. The average Bonchev–Trinajstić information content (AvgIpc) is 3.23. The maximum atomic E-state index is 12.3. The van der Waals surface area contributed by atoms with Crippen LogP contribution in [0.15, 0.2) is 64.9 Å². The van der Waals surface area contributed by atoms with E-state index in [9.17, 15) is 9.59 Å². The van der Waals surface area contributed by atoms with Gasteiger partial charge < -0.3 is 9.72 Å². The fourth-order valence-corrected chi connectivity index (χ4v) is 3.88. The number of aromatic amines is 1. The normalized spacial score (nSPS) is 10.9. The minimum absolute atomic E-state index is 0.123. The zero-order chi connectivity index (χ0) is 21.0. The van der Waals surface area contributed by atoms with Crippen molar-refractivity contribution in [1.29, 1.82) is 0 Å². The molecular formula is C23H27N3O3S. The molecule has 0 fully saturated rings. The fourth-order valence-electron chi connectivity index (χ4n) is 3.05. The Morgan fingerprint density at radius 3 is 2.67 bits per heavy atom. The van der Waals surface area contributed by atoms with Crippen molar-refractivity contribution in [1.82, 2.24) is 14.5 Å². The summed E-state index contributed by atoms with van der Waals surface area (Å²) in [5.41, 5.74) is 2.59. The van der Waals surface area contributed by atoms with Crippen molar-refractivity contribution < 1.29 is 9.53 Å². The third-order valence-corrected chi connectivity index (χ3v) is 5.65. The summed E-state index contributed by atoms with van der Waals surface area (Å²) in [7, 11) is 0. The van der Waals surface area contributed by atoms with Crippen molar-refractivity contribution in [3.05, 3.63) is 82.0 Å². The minimum atomic E-state index is -0.123. The SMILES string of the molecule is O=Cn1ccc(Cc2cnc(SCCCCCCOCc3ccccc3)[nH]c2=O)c1. The molecule has 0 saturated carbocycles. The number of carbonyl (C=O) groups is 1. The Morgan fingerprint density at radius 1 is 1.07 bits per heavy atom. The molecule has 0 saturated heterocycles. The number of benzene rings is 1. The van der Waals surface area contributed by atoms with E-state index >= 15 is 0 Å². The Morgan fingerprint density at radius 2 is 1.90 bits per heavy atom. The molecule has 3 rings (SSSR count). The lowest BCUT2D eigenvalue weighted by atomic mass is 10.1. The van der Waals surface area contributed by atoms with Crippen LogP contribution in [0.5, 0.6) is 0 Å². The Labute approximate surface area is 180 Å². The average molecular weight is 426 g/mol. The lowest BCUT2D eigenvalue weighted by molar-refractivity contribution is 0.117. The van der Waals surface area contributed by atoms with Gasteiger partial charge in [-0.2, -0.15) is 0 Å². The van der Waals surface area contributed by atoms with E-state index in [1.165, 1.54) is 10.1 Å². The molecular weight excluding hydrogens is 398 g/mol. The standard InChI is InChI=1S/C23H27N3O3S/c27-18-26-11-10-20(16-26)14-21-15-24-23(25-22(21)28)30-13-7-2-1-6-12-29-17-19-8-4-3-5-9-19/h3-5,8-11,15-16,18H,1-2,6-7,12-14,17H2,(H,24,25,28). The van der Waals surface area contributed by atoms with Gasteiger partial charge in [-0.25, -0.2) is 4.98 Å². The molecule has 1 N–H and O–H groups in total. The Balaban J connectivity index is 1.28. The first-order chi connectivity index (χ1) is 14.7. The molecule has 0 aliphatic rings. The predicted molar refractivity (Wildman–Crippen MR) is 120 cm³/mol. The smallest absolute Gasteiger partial charge is 0.255 e. The van der Waals surface area contributed by atoms with Crippen LogP contribution in [0.2, 0.25) is 0 Å². The van der Waals surface area contributed by atoms with Gasteiger partial charge in [0.15, 0.2) is 5.16 Å². The van der Waals surface area contributed by atoms with Gasteiger partial charge in [0, 0.05) is 42.9 Å². The summed E-state index contributed by atoms with van der Waals surface area (Å²) in [6, 6.07) is 12.0. The van der Waals surface area contributed by atoms with Crippen LogP contribution in [-0.2, 0) is 22.6 Å². The Kier molecular flexibility index (Phi) is 8.93. The number of aromatic nitrogens is 3. The number of nitrogens with one attached hydrogen (secondary N) is 1. The monoisotopic (exact) mass is 425 g/mol. The van der Waals surface area contributed by atoms with Crippen molar-refractivity contribution in [3.63, 3.8) is 0 Å². The molecule has 0 aliphatic heterocycles. The highest BCUT2D eigenvalue weighted by Crippen LogP contribution is 2.15. The van der Waals surface area contributed by atoms with Crippen LogP contribution in [-0.4, -0.2) is 33.3 Å². The lowest BCUT2D eigenvalue weighted by Crippen LogP contribution is -2.14. The first kappa shape index (κ1) is 22.1. The van der Waals surface area contributed by atoms with Crippen molar-refractivity contribution in [2.24, 2.45) is 0 Å². The van der Waals surface area contributed by atoms with Crippen LogP contribution in [0, 0.1) is 0 Å². The quantitative estimate of drug-likeness (QED) is 0.193. The van der Waals surface area contributed by atoms with Gasteiger partial charge in [-0.15, -0.1) is 0 Å². The van der Waals surface area contributed by atoms with Crippen molar-refractivity contribution in [2.75, 3.05) is 12.4 Å². The summed E-state index contributed by atoms with van der Waals surface area (Å²) in [4.78, 5) is 30.2. The van der Waals surface area contributed by atoms with Crippen LogP contribution in [0.4, 0.5) is 0 Å². The van der Waals surface area contributed by atoms with Crippen molar-refractivity contribution in [2.45, 2.75) is 43.9 Å². The first-order valence-electron chi connectivity index (χ1n) is 10.2. The van der Waals surface area contributed by atoms with E-state index in [1.54, 1.807) is 30.4 Å². The first-order valence-corrected chi connectivity index (χ1v) is 11.2. The molecule has 0 atom stereocenters. The Bertz CT molecular complexity index is 969. The topological polar surface area (TPSA) is 77.0 Å². The van der Waals surface area contributed by atoms with Gasteiger partial charge in [0.25, 0.3) is 5.56 Å². The number of hydrogen-bond donors (Lipinski definition) is 1. The predicted octanol–water partition coefficient (Wildman–Crippen LogP) is 4.07. The van der Waals surface area contributed by atoms with Crippen LogP contribution < -0.4 is 5.56 Å². The van der Waals surface area contributed by atoms with E-state index < -0.39 is 0 Å². The molecule has 0 aliphatic carbocycles. The molecule has 30 heavy (non-hydrogen) atoms. The lowest BCUT2D eigenvalue weighted by Gasteiger charge is -2.05. The van der Waals surface area contributed by atoms with E-state index in [1.807, 2.05) is 24.3 Å². The molecule has 158 valence electrons. The van der Waals surface area contributed by atoms with E-state index in [-0.39, 0.29) is 5.56 Å². The molecule has 1 aromatic carbocycles. The molecule has 2 aromatic heterocycles. The van der Waals surface area contributed by atoms with Gasteiger partial charge in [-0.3, -0.25) is 14.2 Å². The van der Waals surface area contributed by atoms with Gasteiger partial charge >= 0.3 is 0 Å². The molecule has 0 amide bonds. The maximum Gasteiger partial charge on any atom is 0.255 e. The third-order valence-electron chi connectivity index (χ3n) is 4.68. The van der Waals surface area contributed by atoms with Crippen LogP contribution in [0.25, 0.3) is 0 Å². The summed E-state index contributed by atoms with van der Waals surface area (Å²) in [5.74, 6) is 0.926. The van der Waals surface area contributed by atoms with E-state index in [2.05, 4.69) is 22.1 Å². The molecule has 7 heteroatoms. The minimum Gasteiger partial charge on any atom is -0.377 e. The molecule has 6 nitrogen and oxygen atoms in total. The number of rotatable bonds is 13. The summed E-state index contributed by atoms with van der Waals surface area (Å²) in [5, 5.41) is 0.653. The second-order valence-corrected chi connectivity index (χ2v) is 8.18. The number of unbranched alkanes of at least 4 members (excludes halogenated alkanes) is 3. The van der Waals surface area contributed by atoms with Crippen molar-refractivity contribution >= 4 is 18.2 Å². The summed E-state index contributed by atoms with van der Waals surface area (Å²) < 4.78 is 7.12. The summed E-state index contributed by atoms with van der Waals surface area (Å²) in [6.07, 6.45) is 10.6. The fraction of sp³-hybridized carbons (Fsp3) is 0.348. The van der Waals surface area contributed by atoms with E-state index in [0.717, 1.165) is 50.0 Å². The second-order valence-electron chi connectivity index (χ2n) is 7.09. The molecule has 0 bridgehead atoms. The van der Waals surface area contributed by atoms with E-state index in [0.29, 0.717) is 23.7 Å². The number of hydrogen-bond acceptors (Lipinski definition) is 5. The zero-order valence-electron chi connectivity index (χ0n) is 17.0. The van der Waals surface area contributed by atoms with Gasteiger partial charge in [0.05, 0.1) is 6.61 Å². The van der Waals surface area contributed by atoms with Crippen LogP contribution >= 0.6 is 11.8 Å². The molecule has 0 radical (unpaired) electrons. The number of nitrogens with zero attached hydrogens (tertiary/aromatic N) is 2. The van der Waals surface area contributed by atoms with Crippen molar-refractivity contribution in [3.8, 4) is 0 Å². The number of carbonyl (C=O) groups excluding carboxylic acids is 1. The highest BCUT2D eigenvalue weighted by atomic mass is 32.2. The summed E-state index contributed by atoms with van der Waals surface area (Å²) in [6.45, 7) is 1.46. The highest BCUT2D eigenvalue weighted by molar-refractivity contribution is 7.99. The highest BCUT2D eigenvalue weighted by Gasteiger charge is 2.06. The van der Waals surface area contributed by atoms with E-state index in [4.69, 9.17) is 4.74 Å². The maximum absolute atomic E-state index is 12.3. The zero-order valence-corrected chi connectivity index (χ0v) is 17.8. The van der Waals surface area contributed by atoms with Gasteiger partial charge in [0.1, 0.15) is 0 Å². The number of thioether (sulfide) groups is 1. The molecule has 3 aromatic rings. The third kappa shape index (κ3) is 7.31. The number of ether oxygens (including phenoxy) is 1. The van der Waals surface area contributed by atoms with Gasteiger partial charge in [-0.1, -0.05) is 54.9 Å². The van der Waals surface area contributed by atoms with Gasteiger partial charge in [-0.05, 0) is 30.0 Å². The Hall–Kier alpha value is -2.64. The summed E-state index contributed by atoms with van der Waals surface area (Å²) >= 11 is 1.57. The number of H-pyrrole nitrogens is 1. The van der Waals surface area contributed by atoms with Crippen LogP contribution in [0.3, 0.4) is 0 Å². The molecule has 0 spiro atoms. The van der Waals surface area contributed by atoms with Gasteiger partial charge in [0.2, 0.25) is 6.41 Å².